The van der Waals surface area contributed by atoms with E-state index in [0.717, 1.165) is 22.3 Å². The number of carboxylic acids is 2. The van der Waals surface area contributed by atoms with E-state index in [0.29, 0.717) is 31.4 Å². The number of carbonyl (C=O) groups excluding carboxylic acids is 4. The van der Waals surface area contributed by atoms with Gasteiger partial charge in [-0.15, -0.1) is 0 Å². The van der Waals surface area contributed by atoms with Crippen LogP contribution in [0.4, 0.5) is 16.6 Å². The molecule has 2 aliphatic rings. The lowest BCUT2D eigenvalue weighted by Gasteiger charge is -2.19. The smallest absolute Gasteiger partial charge is 0.481 e. The molecule has 7 atom stereocenters. The molecule has 0 bridgehead atoms. The van der Waals surface area contributed by atoms with E-state index in [4.69, 9.17) is 35.8 Å². The lowest BCUT2D eigenvalue weighted by molar-refractivity contribution is -0.147. The number of aliphatic carboxylic acids is 2. The molecule has 0 saturated carbocycles. The molecule has 1 aliphatic carbocycles. The van der Waals surface area contributed by atoms with E-state index in [1.165, 1.54) is 32.4 Å². The number of nitrogens with zero attached hydrogens (tertiary/aromatic N) is 3. The molecule has 28 nitrogen and oxygen atoms in total. The topological polar surface area (TPSA) is 448 Å². The minimum Gasteiger partial charge on any atom is -0.481 e. The first-order chi connectivity index (χ1) is 37.8. The molecule has 0 spiro atoms. The van der Waals surface area contributed by atoms with Gasteiger partial charge in [0.1, 0.15) is 42.6 Å². The first-order valence-corrected chi connectivity index (χ1v) is 31.5. The van der Waals surface area contributed by atoms with E-state index in [-0.39, 0.29) is 96.7 Å². The lowest BCUT2D eigenvalue weighted by atomic mass is 9.98. The Morgan fingerprint density at radius 3 is 2.12 bits per heavy atom. The van der Waals surface area contributed by atoms with Crippen molar-refractivity contribution in [3.05, 3.63) is 71.4 Å². The Bertz CT molecular complexity index is 3110. The summed E-state index contributed by atoms with van der Waals surface area (Å²) in [5.41, 5.74) is 16.6. The minimum absolute atomic E-state index is 0.0238. The lowest BCUT2D eigenvalue weighted by Crippen LogP contribution is -2.43. The van der Waals surface area contributed by atoms with Crippen molar-refractivity contribution in [3.8, 4) is 23.0 Å². The molecular formula is C47H58N7O21P3S2. The van der Waals surface area contributed by atoms with Crippen LogP contribution < -0.4 is 22.1 Å². The number of hydrogen-bond donors (Lipinski definition) is 11. The van der Waals surface area contributed by atoms with Crippen molar-refractivity contribution in [2.75, 3.05) is 36.2 Å². The highest BCUT2D eigenvalue weighted by Gasteiger charge is 2.43. The molecule has 1 aliphatic heterocycles. The average Bonchev–Trinajstić information content (AvgIpc) is 4.04. The first kappa shape index (κ1) is 63.5. The molecule has 3 heterocycles. The number of rotatable bonds is 31. The number of phosphoric acid groups is 3. The number of unbranched alkanes of at least 4 members (excludes halogenated alkanes) is 3. The van der Waals surface area contributed by atoms with Gasteiger partial charge < -0.3 is 71.0 Å². The molecule has 434 valence electrons. The summed E-state index contributed by atoms with van der Waals surface area (Å²) in [7, 11) is -14.3. The number of aliphatic hydroxyl groups is 1. The van der Waals surface area contributed by atoms with Gasteiger partial charge in [-0.05, 0) is 35.1 Å². The van der Waals surface area contributed by atoms with Gasteiger partial charge in [0.2, 0.25) is 11.9 Å². The normalized spacial score (nSPS) is 18.1. The first-order valence-electron chi connectivity index (χ1n) is 24.5. The van der Waals surface area contributed by atoms with Crippen LogP contribution in [0.2, 0.25) is 0 Å². The molecule has 80 heavy (non-hydrogen) atoms. The van der Waals surface area contributed by atoms with E-state index in [2.05, 4.69) is 45.6 Å². The number of Topliss-reactive ketones (excluding diaryl/α,β-unsaturated/α-hetero) is 2. The van der Waals surface area contributed by atoms with Crippen molar-refractivity contribution < 1.29 is 100.0 Å². The summed E-state index contributed by atoms with van der Waals surface area (Å²) >= 11 is 0. The second kappa shape index (κ2) is 28.8. The number of hydrogen-bond acceptors (Lipinski definition) is 21. The van der Waals surface area contributed by atoms with Gasteiger partial charge in [-0.1, -0.05) is 94.8 Å². The monoisotopic (exact) mass is 1210 g/mol. The van der Waals surface area contributed by atoms with Crippen LogP contribution in [0.25, 0.3) is 22.2 Å². The Morgan fingerprint density at radius 2 is 1.48 bits per heavy atom. The SMILES string of the molecule is Nc1nc(N)c2c(C#CCCC(=O)CCSSCC(NC(=O)OCC3c4ccccc4-c4ccccc43)C(=O)CCCCCCC(=O)NC(CC(=O)O)C(=O)O)cn(C3CC(O)C(COP(=O)(O)OP(=O)(O)OP(=O)(O)O)O3)c2n1. The Balaban J connectivity index is 0.986. The Labute approximate surface area is 464 Å². The molecule has 4 aromatic rings. The number of anilines is 2. The van der Waals surface area contributed by atoms with Crippen LogP contribution in [0.1, 0.15) is 99.5 Å². The van der Waals surface area contributed by atoms with Crippen molar-refractivity contribution in [1.82, 2.24) is 25.2 Å². The van der Waals surface area contributed by atoms with Gasteiger partial charge in [-0.25, -0.2) is 23.3 Å². The Kier molecular flexibility index (Phi) is 22.8. The Morgan fingerprint density at radius 1 is 0.812 bits per heavy atom. The second-order valence-electron chi connectivity index (χ2n) is 18.1. The van der Waals surface area contributed by atoms with Crippen LogP contribution in [0.5, 0.6) is 0 Å². The quantitative estimate of drug-likeness (QED) is 0.0138. The molecule has 33 heteroatoms. The van der Waals surface area contributed by atoms with Gasteiger partial charge in [0, 0.05) is 62.1 Å². The average molecular weight is 1210 g/mol. The highest BCUT2D eigenvalue weighted by Crippen LogP contribution is 2.66. The number of fused-ring (bicyclic) bond motifs is 4. The molecule has 2 aromatic carbocycles. The molecule has 2 amide bonds. The summed E-state index contributed by atoms with van der Waals surface area (Å²) < 4.78 is 59.9. The third kappa shape index (κ3) is 18.9. The third-order valence-electron chi connectivity index (χ3n) is 12.2. The maximum absolute atomic E-state index is 13.6. The Hall–Kier alpha value is -5.73. The van der Waals surface area contributed by atoms with Crippen LogP contribution in [0.3, 0.4) is 0 Å². The number of ether oxygens (including phenoxy) is 2. The number of nitrogen functional groups attached to an aromatic ring is 2. The zero-order valence-corrected chi connectivity index (χ0v) is 46.6. The summed E-state index contributed by atoms with van der Waals surface area (Å²) in [6.45, 7) is -0.897. The van der Waals surface area contributed by atoms with Crippen LogP contribution in [-0.2, 0) is 60.3 Å². The molecule has 13 N–H and O–H groups in total. The predicted octanol–water partition coefficient (Wildman–Crippen LogP) is 4.92. The maximum atomic E-state index is 13.6. The fourth-order valence-corrected chi connectivity index (χ4v) is 13.8. The van der Waals surface area contributed by atoms with E-state index >= 15 is 0 Å². The predicted molar refractivity (Wildman–Crippen MR) is 288 cm³/mol. The van der Waals surface area contributed by atoms with Crippen LogP contribution in [-0.4, -0.2) is 134 Å². The van der Waals surface area contributed by atoms with Gasteiger partial charge in [0.05, 0.1) is 30.1 Å². The van der Waals surface area contributed by atoms with Crippen LogP contribution >= 0.6 is 45.1 Å². The fourth-order valence-electron chi connectivity index (χ4n) is 8.58. The highest BCUT2D eigenvalue weighted by atomic mass is 33.1. The van der Waals surface area contributed by atoms with E-state index in [1.807, 2.05) is 48.5 Å². The number of aromatic nitrogens is 3. The number of nitrogens with two attached hydrogens (primary N) is 2. The van der Waals surface area contributed by atoms with E-state index < -0.39 is 91.0 Å². The minimum atomic E-state index is -5.80. The standard InChI is InChI=1S/C47H58N7O21P3S2/c48-43-42-27(23-54(44(42)53-46(49)52-43)40-22-37(57)38(73-40)25-72-77(67,68)75-78(69,70)74-76(64,65)66)11-5-6-12-28(55)19-20-79-80-26-35(36(56)17-3-1-2-4-18-39(58)50-34(45(61)62)21-41(59)60)51-47(63)71-24-33-31-15-9-7-13-29(31)30-14-8-10-16-32(30)33/h7-10,13-16,23,33-35,37-38,40,57H,1-4,6,12,17-22,24-26H2,(H,50,58)(H,51,63)(H,59,60)(H,61,62)(H,67,68)(H,69,70)(H2,64,65,66)(H4,48,49,52,53). The van der Waals surface area contributed by atoms with Crippen molar-refractivity contribution in [2.24, 2.45) is 0 Å². The van der Waals surface area contributed by atoms with Crippen molar-refractivity contribution >= 4 is 103 Å². The highest BCUT2D eigenvalue weighted by molar-refractivity contribution is 8.76. The summed E-state index contributed by atoms with van der Waals surface area (Å²) in [6, 6.07) is 13.2. The molecule has 1 fully saturated rings. The van der Waals surface area contributed by atoms with E-state index in [9.17, 15) is 62.5 Å². The summed E-state index contributed by atoms with van der Waals surface area (Å²) in [6.07, 6.45) is -1.83. The van der Waals surface area contributed by atoms with Gasteiger partial charge in [0.25, 0.3) is 0 Å². The van der Waals surface area contributed by atoms with Gasteiger partial charge in [0.15, 0.2) is 11.4 Å². The maximum Gasteiger partial charge on any atom is 0.490 e. The molecule has 6 rings (SSSR count). The number of ketones is 2. The number of carbonyl (C=O) groups is 6. The number of benzene rings is 2. The fraction of sp³-hybridized carbons (Fsp3) is 0.447. The van der Waals surface area contributed by atoms with Crippen molar-refractivity contribution in [1.29, 1.82) is 0 Å². The third-order valence-corrected chi connectivity index (χ3v) is 18.4. The molecule has 2 aromatic heterocycles. The number of phosphoric ester groups is 1. The second-order valence-corrected chi connectivity index (χ2v) is 25.1. The van der Waals surface area contributed by atoms with Crippen molar-refractivity contribution in [2.45, 2.75) is 107 Å². The number of alkyl carbamates (subject to hydrolysis) is 1. The number of amides is 2. The number of aliphatic hydroxyl groups excluding tert-OH is 1. The van der Waals surface area contributed by atoms with Gasteiger partial charge in [-0.3, -0.25) is 23.7 Å². The van der Waals surface area contributed by atoms with Gasteiger partial charge in [-0.2, -0.15) is 18.6 Å². The van der Waals surface area contributed by atoms with Crippen LogP contribution in [0, 0.1) is 11.8 Å². The molecule has 0 radical (unpaired) electrons. The van der Waals surface area contributed by atoms with Gasteiger partial charge >= 0.3 is 41.5 Å². The zero-order chi connectivity index (χ0) is 58.4. The summed E-state index contributed by atoms with van der Waals surface area (Å²) in [5.74, 6) is 2.04. The molecule has 1 saturated heterocycles. The number of carboxylic acid groups (broad SMARTS) is 2. The van der Waals surface area contributed by atoms with Crippen molar-refractivity contribution in [3.63, 3.8) is 0 Å². The summed E-state index contributed by atoms with van der Waals surface area (Å²) in [5, 5.41) is 34.0. The van der Waals surface area contributed by atoms with Crippen LogP contribution in [0.15, 0.2) is 54.7 Å². The largest absolute Gasteiger partial charge is 0.490 e. The molecular weight excluding hydrogens is 1160 g/mol. The van der Waals surface area contributed by atoms with E-state index in [1.54, 1.807) is 0 Å². The summed E-state index contributed by atoms with van der Waals surface area (Å²) in [4.78, 5) is 119. The number of nitrogens with one attached hydrogen (secondary N) is 2. The zero-order valence-electron chi connectivity index (χ0n) is 42.3. The molecule has 7 unspecified atom stereocenters.